The molecule has 1 aromatic carbocycles. The summed E-state index contributed by atoms with van der Waals surface area (Å²) in [5.74, 6) is 2.04. The first-order chi connectivity index (χ1) is 14.2. The van der Waals surface area contributed by atoms with E-state index in [1.807, 2.05) is 30.3 Å². The van der Waals surface area contributed by atoms with Gasteiger partial charge in [-0.3, -0.25) is 9.67 Å². The van der Waals surface area contributed by atoms with Gasteiger partial charge in [0.2, 0.25) is 5.95 Å². The Kier molecular flexibility index (Phi) is 4.23. The zero-order chi connectivity index (χ0) is 19.8. The van der Waals surface area contributed by atoms with Gasteiger partial charge >= 0.3 is 5.69 Å². The summed E-state index contributed by atoms with van der Waals surface area (Å²) in [6.07, 6.45) is 3.45. The molecule has 1 fully saturated rings. The molecule has 0 saturated carbocycles. The van der Waals surface area contributed by atoms with E-state index in [1.54, 1.807) is 10.8 Å². The molecule has 0 bridgehead atoms. The normalized spacial score (nSPS) is 15.2. The van der Waals surface area contributed by atoms with E-state index < -0.39 is 0 Å². The first-order valence-electron chi connectivity index (χ1n) is 9.59. The number of piperidine rings is 1. The number of nitrogens with one attached hydrogen (secondary N) is 2. The van der Waals surface area contributed by atoms with Crippen molar-refractivity contribution in [3.63, 3.8) is 0 Å². The molecular weight excluding hydrogens is 370 g/mol. The second-order valence-corrected chi connectivity index (χ2v) is 7.26. The second-order valence-electron chi connectivity index (χ2n) is 7.26. The van der Waals surface area contributed by atoms with E-state index in [0.29, 0.717) is 12.2 Å². The van der Waals surface area contributed by atoms with Crippen molar-refractivity contribution in [2.75, 3.05) is 23.7 Å². The van der Waals surface area contributed by atoms with E-state index in [9.17, 15) is 4.79 Å². The van der Waals surface area contributed by atoms with Crippen molar-refractivity contribution < 1.29 is 0 Å². The summed E-state index contributed by atoms with van der Waals surface area (Å²) in [6.45, 7) is 2.09. The van der Waals surface area contributed by atoms with Gasteiger partial charge in [0, 0.05) is 19.0 Å². The largest absolute Gasteiger partial charge is 0.368 e. The van der Waals surface area contributed by atoms with Gasteiger partial charge in [-0.1, -0.05) is 30.3 Å². The minimum absolute atomic E-state index is 0.171. The minimum Gasteiger partial charge on any atom is -0.368 e. The van der Waals surface area contributed by atoms with Gasteiger partial charge < -0.3 is 10.6 Å². The number of benzene rings is 1. The predicted octanol–water partition coefficient (Wildman–Crippen LogP) is 1.25. The predicted molar refractivity (Wildman–Crippen MR) is 109 cm³/mol. The van der Waals surface area contributed by atoms with Crippen LogP contribution in [0.25, 0.3) is 11.0 Å². The lowest BCUT2D eigenvalue weighted by molar-refractivity contribution is 0.466. The van der Waals surface area contributed by atoms with Crippen LogP contribution in [0.1, 0.15) is 30.1 Å². The molecule has 0 radical (unpaired) electrons. The van der Waals surface area contributed by atoms with E-state index in [-0.39, 0.29) is 17.6 Å². The molecule has 4 N–H and O–H groups in total. The number of nitrogen functional groups attached to an aromatic ring is 1. The van der Waals surface area contributed by atoms with Gasteiger partial charge in [0.25, 0.3) is 0 Å². The maximum absolute atomic E-state index is 12.3. The Morgan fingerprint density at radius 1 is 1.10 bits per heavy atom. The number of fused-ring (bicyclic) bond motifs is 1. The van der Waals surface area contributed by atoms with E-state index in [2.05, 4.69) is 35.3 Å². The molecular formula is C19H21N9O. The van der Waals surface area contributed by atoms with Crippen LogP contribution < -0.4 is 16.3 Å². The molecule has 29 heavy (non-hydrogen) atoms. The molecule has 4 aromatic rings. The molecule has 10 nitrogen and oxygen atoms in total. The monoisotopic (exact) mass is 391 g/mol. The van der Waals surface area contributed by atoms with E-state index in [4.69, 9.17) is 5.73 Å². The maximum Gasteiger partial charge on any atom is 0.343 e. The quantitative estimate of drug-likeness (QED) is 0.476. The molecule has 0 atom stereocenters. The van der Waals surface area contributed by atoms with Gasteiger partial charge in [-0.05, 0) is 18.4 Å². The zero-order valence-corrected chi connectivity index (χ0v) is 15.7. The number of aromatic nitrogens is 7. The van der Waals surface area contributed by atoms with Crippen molar-refractivity contribution in [2.45, 2.75) is 25.3 Å². The summed E-state index contributed by atoms with van der Waals surface area (Å²) in [5, 5.41) is 14.7. The van der Waals surface area contributed by atoms with Gasteiger partial charge in [-0.2, -0.15) is 20.2 Å². The van der Waals surface area contributed by atoms with Crippen molar-refractivity contribution in [1.82, 2.24) is 34.9 Å². The van der Waals surface area contributed by atoms with Crippen LogP contribution in [0.5, 0.6) is 0 Å². The van der Waals surface area contributed by atoms with Crippen molar-refractivity contribution >= 4 is 22.8 Å². The molecule has 1 aliphatic heterocycles. The summed E-state index contributed by atoms with van der Waals surface area (Å²) in [6, 6.07) is 9.95. The Hall–Kier alpha value is -3.69. The highest BCUT2D eigenvalue weighted by Gasteiger charge is 2.27. The van der Waals surface area contributed by atoms with E-state index in [0.717, 1.165) is 48.5 Å². The standard InChI is InChI=1S/C19H21N9O/c20-18-22-15-14(10-21-24-15)17(23-18)27-8-6-13(7-9-27)16-25-26-19(29)28(16)11-12-4-2-1-3-5-12/h1-5,10,13H,6-9,11H2,(H,26,29)(H3,20,21,22,23,24). The van der Waals surface area contributed by atoms with Crippen LogP contribution in [0.4, 0.5) is 11.8 Å². The van der Waals surface area contributed by atoms with Gasteiger partial charge in [0.05, 0.1) is 18.1 Å². The van der Waals surface area contributed by atoms with Crippen LogP contribution in [0.15, 0.2) is 41.3 Å². The number of hydrogen-bond acceptors (Lipinski definition) is 7. The fourth-order valence-electron chi connectivity index (χ4n) is 3.99. The smallest absolute Gasteiger partial charge is 0.343 e. The van der Waals surface area contributed by atoms with E-state index >= 15 is 0 Å². The molecule has 148 valence electrons. The van der Waals surface area contributed by atoms with Crippen LogP contribution in [0.3, 0.4) is 0 Å². The van der Waals surface area contributed by atoms with E-state index in [1.165, 1.54) is 0 Å². The fraction of sp³-hybridized carbons (Fsp3) is 0.316. The van der Waals surface area contributed by atoms with Gasteiger partial charge in [-0.25, -0.2) is 9.89 Å². The highest BCUT2D eigenvalue weighted by Crippen LogP contribution is 2.31. The Morgan fingerprint density at radius 2 is 1.90 bits per heavy atom. The summed E-state index contributed by atoms with van der Waals surface area (Å²) >= 11 is 0. The Bertz CT molecular complexity index is 1190. The number of H-pyrrole nitrogens is 2. The summed E-state index contributed by atoms with van der Waals surface area (Å²) in [7, 11) is 0. The van der Waals surface area contributed by atoms with Crippen LogP contribution in [-0.4, -0.2) is 48.0 Å². The third-order valence-corrected chi connectivity index (χ3v) is 5.44. The molecule has 0 amide bonds. The lowest BCUT2D eigenvalue weighted by atomic mass is 9.95. The number of rotatable bonds is 4. The lowest BCUT2D eigenvalue weighted by Crippen LogP contribution is -2.35. The fourth-order valence-corrected chi connectivity index (χ4v) is 3.99. The highest BCUT2D eigenvalue weighted by atomic mass is 16.1. The molecule has 0 aliphatic carbocycles. The molecule has 1 saturated heterocycles. The van der Waals surface area contributed by atoms with Crippen LogP contribution in [-0.2, 0) is 6.54 Å². The van der Waals surface area contributed by atoms with Gasteiger partial charge in [-0.15, -0.1) is 0 Å². The average Bonchev–Trinajstić information content (AvgIpc) is 3.35. The number of nitrogens with zero attached hydrogens (tertiary/aromatic N) is 6. The van der Waals surface area contributed by atoms with Crippen molar-refractivity contribution in [3.05, 3.63) is 58.4 Å². The molecule has 1 aliphatic rings. The first-order valence-corrected chi connectivity index (χ1v) is 9.59. The molecule has 4 heterocycles. The number of aromatic amines is 2. The Morgan fingerprint density at radius 3 is 2.69 bits per heavy atom. The minimum atomic E-state index is -0.171. The molecule has 10 heteroatoms. The topological polar surface area (TPSA) is 134 Å². The SMILES string of the molecule is Nc1nc(N2CCC(c3n[nH]c(=O)n3Cc3ccccc3)CC2)c2cn[nH]c2n1. The van der Waals surface area contributed by atoms with Crippen LogP contribution in [0.2, 0.25) is 0 Å². The zero-order valence-electron chi connectivity index (χ0n) is 15.7. The van der Waals surface area contributed by atoms with Crippen LogP contribution >= 0.6 is 0 Å². The van der Waals surface area contributed by atoms with Crippen LogP contribution in [0, 0.1) is 0 Å². The lowest BCUT2D eigenvalue weighted by Gasteiger charge is -2.32. The maximum atomic E-state index is 12.3. The van der Waals surface area contributed by atoms with Crippen molar-refractivity contribution in [1.29, 1.82) is 0 Å². The second kappa shape index (κ2) is 7.04. The number of hydrogen-bond donors (Lipinski definition) is 3. The Balaban J connectivity index is 1.36. The van der Waals surface area contributed by atoms with Gasteiger partial charge in [0.15, 0.2) is 5.65 Å². The highest BCUT2D eigenvalue weighted by molar-refractivity contribution is 5.87. The first kappa shape index (κ1) is 17.4. The third-order valence-electron chi connectivity index (χ3n) is 5.44. The Labute approximate surface area is 165 Å². The summed E-state index contributed by atoms with van der Waals surface area (Å²) < 4.78 is 1.74. The van der Waals surface area contributed by atoms with Crippen molar-refractivity contribution in [2.24, 2.45) is 0 Å². The molecule has 0 unspecified atom stereocenters. The molecule has 3 aromatic heterocycles. The van der Waals surface area contributed by atoms with Crippen molar-refractivity contribution in [3.8, 4) is 0 Å². The number of nitrogens with two attached hydrogens (primary N) is 1. The number of anilines is 2. The average molecular weight is 391 g/mol. The summed E-state index contributed by atoms with van der Waals surface area (Å²) in [5.41, 5.74) is 7.40. The van der Waals surface area contributed by atoms with Gasteiger partial charge in [0.1, 0.15) is 11.6 Å². The molecule has 5 rings (SSSR count). The summed E-state index contributed by atoms with van der Waals surface area (Å²) in [4.78, 5) is 23.1. The molecule has 0 spiro atoms. The third kappa shape index (κ3) is 3.22.